The molecule has 3 aliphatic heterocycles. The Balaban J connectivity index is 1.26. The number of carbonyl (C=O) groups is 1. The average molecular weight is 375 g/mol. The van der Waals surface area contributed by atoms with E-state index in [2.05, 4.69) is 20.2 Å². The number of allylic oxidation sites excluding steroid dienone is 1. The topological polar surface area (TPSA) is 70.1 Å². The van der Waals surface area contributed by atoms with Gasteiger partial charge in [0.25, 0.3) is 0 Å². The van der Waals surface area contributed by atoms with Crippen LogP contribution in [0.5, 0.6) is 0 Å². The van der Waals surface area contributed by atoms with Crippen molar-refractivity contribution in [3.05, 3.63) is 17.2 Å². The molecule has 1 aromatic heterocycles. The highest BCUT2D eigenvalue weighted by Gasteiger charge is 2.25. The fourth-order valence-electron chi connectivity index (χ4n) is 3.56. The molecule has 140 valence electrons. The Labute approximate surface area is 157 Å². The lowest BCUT2D eigenvalue weighted by atomic mass is 10.1. The zero-order valence-corrected chi connectivity index (χ0v) is 15.7. The van der Waals surface area contributed by atoms with Gasteiger partial charge in [-0.1, -0.05) is 0 Å². The van der Waals surface area contributed by atoms with Gasteiger partial charge >= 0.3 is 6.03 Å². The summed E-state index contributed by atoms with van der Waals surface area (Å²) in [6, 6.07) is -0.0538. The maximum absolute atomic E-state index is 12.5. The molecule has 4 rings (SSSR count). The maximum atomic E-state index is 12.5. The summed E-state index contributed by atoms with van der Waals surface area (Å²) < 4.78 is 5.71. The Morgan fingerprint density at radius 1 is 1.35 bits per heavy atom. The molecule has 26 heavy (non-hydrogen) atoms. The number of nitrogens with zero attached hydrogens (tertiary/aromatic N) is 4. The molecule has 8 heteroatoms. The lowest BCUT2D eigenvalue weighted by molar-refractivity contribution is 0.0572. The minimum Gasteiger partial charge on any atom is -0.377 e. The molecule has 3 aliphatic rings. The van der Waals surface area contributed by atoms with Crippen LogP contribution in [-0.2, 0) is 4.74 Å². The van der Waals surface area contributed by atoms with E-state index in [9.17, 15) is 4.79 Å². The van der Waals surface area contributed by atoms with Crippen LogP contribution in [0.25, 0.3) is 5.57 Å². The van der Waals surface area contributed by atoms with Crippen molar-refractivity contribution in [3.63, 3.8) is 0 Å². The van der Waals surface area contributed by atoms with Gasteiger partial charge in [-0.15, -0.1) is 11.3 Å². The minimum absolute atomic E-state index is 0.0538. The summed E-state index contributed by atoms with van der Waals surface area (Å²) in [4.78, 5) is 25.5. The normalized spacial score (nSPS) is 23.9. The molecule has 0 saturated carbocycles. The van der Waals surface area contributed by atoms with Crippen LogP contribution in [0.2, 0.25) is 0 Å². The predicted octanol–water partition coefficient (Wildman–Crippen LogP) is 2.33. The van der Waals surface area contributed by atoms with E-state index in [0.29, 0.717) is 11.2 Å². The van der Waals surface area contributed by atoms with E-state index in [1.54, 1.807) is 0 Å². The zero-order chi connectivity index (χ0) is 17.8. The second-order valence-corrected chi connectivity index (χ2v) is 7.75. The molecule has 0 bridgehead atoms. The number of aliphatic imine (C=N–C) groups is 1. The number of hydrogen-bond acceptors (Lipinski definition) is 6. The van der Waals surface area contributed by atoms with Crippen molar-refractivity contribution in [2.24, 2.45) is 4.99 Å². The molecule has 0 aliphatic carbocycles. The molecule has 0 spiro atoms. The first kappa shape index (κ1) is 17.6. The van der Waals surface area contributed by atoms with Gasteiger partial charge in [-0.25, -0.2) is 9.78 Å². The Morgan fingerprint density at radius 2 is 2.23 bits per heavy atom. The molecular weight excluding hydrogens is 350 g/mol. The fourth-order valence-corrected chi connectivity index (χ4v) is 4.28. The molecule has 0 radical (unpaired) electrons. The summed E-state index contributed by atoms with van der Waals surface area (Å²) in [6.07, 6.45) is 7.44. The van der Waals surface area contributed by atoms with Crippen molar-refractivity contribution in [3.8, 4) is 0 Å². The van der Waals surface area contributed by atoms with E-state index in [1.165, 1.54) is 23.3 Å². The molecule has 4 heterocycles. The van der Waals surface area contributed by atoms with Crippen molar-refractivity contribution < 1.29 is 9.53 Å². The van der Waals surface area contributed by atoms with Gasteiger partial charge < -0.3 is 9.64 Å². The van der Waals surface area contributed by atoms with Gasteiger partial charge in [-0.3, -0.25) is 15.2 Å². The third-order valence-electron chi connectivity index (χ3n) is 5.08. The molecule has 1 atom stereocenters. The Morgan fingerprint density at radius 3 is 2.96 bits per heavy atom. The molecule has 2 fully saturated rings. The van der Waals surface area contributed by atoms with Gasteiger partial charge in [-0.2, -0.15) is 0 Å². The fraction of sp³-hybridized carbons (Fsp3) is 0.611. The Hall–Kier alpha value is -1.77. The first-order chi connectivity index (χ1) is 12.8. The van der Waals surface area contributed by atoms with Crippen LogP contribution in [0, 0.1) is 0 Å². The van der Waals surface area contributed by atoms with Crippen molar-refractivity contribution in [2.45, 2.75) is 25.4 Å². The van der Waals surface area contributed by atoms with E-state index >= 15 is 0 Å². The van der Waals surface area contributed by atoms with E-state index < -0.39 is 0 Å². The van der Waals surface area contributed by atoms with E-state index in [4.69, 9.17) is 4.74 Å². The quantitative estimate of drug-likeness (QED) is 0.877. The standard InChI is InChI=1S/C18H25N5O2S/c24-18(21-17-20-16(13-26-17)14-3-5-19-6-4-14)23-9-7-22(8-10-23)12-15-2-1-11-25-15/h3,5,13,15H,1-2,4,6-12H2,(H,20,21,24). The van der Waals surface area contributed by atoms with Gasteiger partial charge in [0.05, 0.1) is 11.8 Å². The smallest absolute Gasteiger partial charge is 0.323 e. The maximum Gasteiger partial charge on any atom is 0.323 e. The minimum atomic E-state index is -0.0538. The Kier molecular flexibility index (Phi) is 5.62. The molecule has 0 aromatic carbocycles. The number of dihydropyridines is 1. The highest BCUT2D eigenvalue weighted by molar-refractivity contribution is 7.14. The lowest BCUT2D eigenvalue weighted by Crippen LogP contribution is -2.51. The highest BCUT2D eigenvalue weighted by atomic mass is 32.1. The number of carbonyl (C=O) groups excluding carboxylic acids is 1. The average Bonchev–Trinajstić information content (AvgIpc) is 3.35. The summed E-state index contributed by atoms with van der Waals surface area (Å²) in [5.41, 5.74) is 2.12. The van der Waals surface area contributed by atoms with Crippen LogP contribution in [-0.4, -0.2) is 79.0 Å². The first-order valence-electron chi connectivity index (χ1n) is 9.33. The third-order valence-corrected chi connectivity index (χ3v) is 5.84. The molecule has 2 amide bonds. The number of nitrogens with one attached hydrogen (secondary N) is 1. The number of aromatic nitrogens is 1. The first-order valence-corrected chi connectivity index (χ1v) is 10.2. The molecular formula is C18H25N5O2S. The highest BCUT2D eigenvalue weighted by Crippen LogP contribution is 2.25. The number of piperazine rings is 1. The lowest BCUT2D eigenvalue weighted by Gasteiger charge is -2.35. The summed E-state index contributed by atoms with van der Waals surface area (Å²) in [6.45, 7) is 6.00. The van der Waals surface area contributed by atoms with Crippen molar-refractivity contribution >= 4 is 34.3 Å². The van der Waals surface area contributed by atoms with Crippen LogP contribution >= 0.6 is 11.3 Å². The van der Waals surface area contributed by atoms with E-state index in [-0.39, 0.29) is 6.03 Å². The Bertz CT molecular complexity index is 688. The van der Waals surface area contributed by atoms with Crippen LogP contribution in [0.15, 0.2) is 16.4 Å². The third kappa shape index (κ3) is 4.31. The molecule has 7 nitrogen and oxygen atoms in total. The van der Waals surface area contributed by atoms with E-state index in [1.807, 2.05) is 22.6 Å². The number of thiazole rings is 1. The monoisotopic (exact) mass is 375 g/mol. The van der Waals surface area contributed by atoms with Gasteiger partial charge in [0, 0.05) is 57.5 Å². The SMILES string of the molecule is O=C(Nc1nc(C2=CC=NCC2)cs1)N1CCN(CC2CCCO2)CC1. The zero-order valence-electron chi connectivity index (χ0n) is 14.9. The second kappa shape index (κ2) is 8.28. The van der Waals surface area contributed by atoms with Gasteiger partial charge in [-0.05, 0) is 30.9 Å². The van der Waals surface area contributed by atoms with Gasteiger partial charge in [0.15, 0.2) is 5.13 Å². The number of urea groups is 1. The van der Waals surface area contributed by atoms with Crippen LogP contribution in [0.1, 0.15) is 25.0 Å². The van der Waals surface area contributed by atoms with Gasteiger partial charge in [0.1, 0.15) is 0 Å². The number of hydrogen-bond donors (Lipinski definition) is 1. The molecule has 1 unspecified atom stereocenters. The predicted molar refractivity (Wildman–Crippen MR) is 104 cm³/mol. The van der Waals surface area contributed by atoms with Crippen molar-refractivity contribution in [2.75, 3.05) is 51.2 Å². The number of rotatable bonds is 4. The van der Waals surface area contributed by atoms with Crippen molar-refractivity contribution in [1.29, 1.82) is 0 Å². The van der Waals surface area contributed by atoms with Gasteiger partial charge in [0.2, 0.25) is 0 Å². The number of anilines is 1. The largest absolute Gasteiger partial charge is 0.377 e. The molecule has 1 aromatic rings. The summed E-state index contributed by atoms with van der Waals surface area (Å²) in [7, 11) is 0. The molecule has 1 N–H and O–H groups in total. The van der Waals surface area contributed by atoms with Crippen LogP contribution in [0.4, 0.5) is 9.93 Å². The summed E-state index contributed by atoms with van der Waals surface area (Å²) in [5, 5.41) is 5.61. The number of amides is 2. The second-order valence-electron chi connectivity index (χ2n) is 6.89. The van der Waals surface area contributed by atoms with Crippen molar-refractivity contribution in [1.82, 2.24) is 14.8 Å². The van der Waals surface area contributed by atoms with Crippen LogP contribution < -0.4 is 5.32 Å². The van der Waals surface area contributed by atoms with Crippen LogP contribution in [0.3, 0.4) is 0 Å². The molecule has 2 saturated heterocycles. The summed E-state index contributed by atoms with van der Waals surface area (Å²) >= 11 is 1.48. The number of ether oxygens (including phenoxy) is 1. The summed E-state index contributed by atoms with van der Waals surface area (Å²) in [5.74, 6) is 0. The van der Waals surface area contributed by atoms with E-state index in [0.717, 1.165) is 64.4 Å².